The van der Waals surface area contributed by atoms with Crippen molar-refractivity contribution in [3.63, 3.8) is 0 Å². The summed E-state index contributed by atoms with van der Waals surface area (Å²) >= 11 is 0. The molecule has 2 rings (SSSR count). The molecule has 0 aliphatic rings. The Balaban J connectivity index is 2.17. The molecule has 106 valence electrons. The largest absolute Gasteiger partial charge is 0.464 e. The molecule has 1 heterocycles. The monoisotopic (exact) mass is 284 g/mol. The normalized spacial score (nSPS) is 9.76. The fourth-order valence-electron chi connectivity index (χ4n) is 1.70. The maximum Gasteiger partial charge on any atom is 0.356 e. The van der Waals surface area contributed by atoms with Crippen molar-refractivity contribution in [3.8, 4) is 6.07 Å². The van der Waals surface area contributed by atoms with Crippen molar-refractivity contribution in [2.75, 3.05) is 12.4 Å². The second kappa shape index (κ2) is 5.88. The highest BCUT2D eigenvalue weighted by Crippen LogP contribution is 2.11. The van der Waals surface area contributed by atoms with Gasteiger partial charge >= 0.3 is 5.97 Å². The molecule has 0 spiro atoms. The molecule has 0 saturated carbocycles. The van der Waals surface area contributed by atoms with Crippen LogP contribution in [0.15, 0.2) is 30.3 Å². The Labute approximate surface area is 120 Å². The molecule has 0 bridgehead atoms. The molecule has 0 aliphatic heterocycles. The zero-order valence-corrected chi connectivity index (χ0v) is 11.5. The fourth-order valence-corrected chi connectivity index (χ4v) is 1.70. The van der Waals surface area contributed by atoms with E-state index >= 15 is 0 Å². The van der Waals surface area contributed by atoms with E-state index in [-0.39, 0.29) is 11.4 Å². The Kier molecular flexibility index (Phi) is 4.00. The maximum absolute atomic E-state index is 12.0. The third kappa shape index (κ3) is 3.06. The van der Waals surface area contributed by atoms with Gasteiger partial charge in [-0.2, -0.15) is 10.4 Å². The number of ether oxygens (including phenoxy) is 1. The molecule has 1 aromatic heterocycles. The predicted octanol–water partition coefficient (Wildman–Crippen LogP) is 1.33. The zero-order valence-electron chi connectivity index (χ0n) is 11.5. The van der Waals surface area contributed by atoms with Crippen molar-refractivity contribution in [2.24, 2.45) is 7.05 Å². The molecule has 0 unspecified atom stereocenters. The van der Waals surface area contributed by atoms with Crippen molar-refractivity contribution < 1.29 is 14.3 Å². The average Bonchev–Trinajstić information content (AvgIpc) is 2.89. The van der Waals surface area contributed by atoms with Crippen LogP contribution in [0.25, 0.3) is 0 Å². The third-order valence-electron chi connectivity index (χ3n) is 2.78. The Bertz CT molecular complexity index is 726. The first kappa shape index (κ1) is 14.3. The van der Waals surface area contributed by atoms with Crippen molar-refractivity contribution >= 4 is 17.6 Å². The topological polar surface area (TPSA) is 97.0 Å². The molecule has 1 amide bonds. The first-order valence-electron chi connectivity index (χ1n) is 5.99. The first-order chi connectivity index (χ1) is 10.0. The van der Waals surface area contributed by atoms with E-state index in [1.54, 1.807) is 31.3 Å². The van der Waals surface area contributed by atoms with Crippen LogP contribution in [0, 0.1) is 11.3 Å². The molecule has 2 aromatic rings. The second-order valence-corrected chi connectivity index (χ2v) is 4.17. The summed E-state index contributed by atoms with van der Waals surface area (Å²) in [6.07, 6.45) is 0. The summed E-state index contributed by atoms with van der Waals surface area (Å²) in [5, 5.41) is 15.3. The van der Waals surface area contributed by atoms with Crippen LogP contribution >= 0.6 is 0 Å². The smallest absolute Gasteiger partial charge is 0.356 e. The number of carbonyl (C=O) groups is 2. The minimum absolute atomic E-state index is 0.0993. The standard InChI is InChI=1S/C14H12N4O3/c1-18-12(14(20)21-2)7-11(17-18)13(19)16-10-5-3-9(8-15)4-6-10/h3-7H,1-2H3,(H,16,19). The van der Waals surface area contributed by atoms with Crippen LogP contribution in [0.2, 0.25) is 0 Å². The van der Waals surface area contributed by atoms with Crippen LogP contribution in [-0.2, 0) is 11.8 Å². The summed E-state index contributed by atoms with van der Waals surface area (Å²) in [6, 6.07) is 9.75. The Morgan fingerprint density at radius 1 is 1.33 bits per heavy atom. The van der Waals surface area contributed by atoms with E-state index < -0.39 is 11.9 Å². The Morgan fingerprint density at radius 2 is 2.00 bits per heavy atom. The minimum Gasteiger partial charge on any atom is -0.464 e. The number of hydrogen-bond acceptors (Lipinski definition) is 5. The maximum atomic E-state index is 12.0. The Morgan fingerprint density at radius 3 is 2.57 bits per heavy atom. The number of aromatic nitrogens is 2. The summed E-state index contributed by atoms with van der Waals surface area (Å²) in [7, 11) is 2.80. The molecular weight excluding hydrogens is 272 g/mol. The number of amides is 1. The highest BCUT2D eigenvalue weighted by Gasteiger charge is 2.17. The van der Waals surface area contributed by atoms with Crippen molar-refractivity contribution in [2.45, 2.75) is 0 Å². The lowest BCUT2D eigenvalue weighted by molar-refractivity contribution is 0.0588. The summed E-state index contributed by atoms with van der Waals surface area (Å²) in [5.74, 6) is -1.02. The molecule has 1 N–H and O–H groups in total. The minimum atomic E-state index is -0.567. The van der Waals surface area contributed by atoms with Gasteiger partial charge in [0.1, 0.15) is 5.69 Å². The van der Waals surface area contributed by atoms with Crippen LogP contribution in [-0.4, -0.2) is 28.8 Å². The summed E-state index contributed by atoms with van der Waals surface area (Å²) < 4.78 is 5.87. The number of rotatable bonds is 3. The van der Waals surface area contributed by atoms with Gasteiger partial charge in [-0.15, -0.1) is 0 Å². The molecule has 0 fully saturated rings. The van der Waals surface area contributed by atoms with Crippen LogP contribution in [0.3, 0.4) is 0 Å². The first-order valence-corrected chi connectivity index (χ1v) is 5.99. The zero-order chi connectivity index (χ0) is 15.4. The fraction of sp³-hybridized carbons (Fsp3) is 0.143. The van der Waals surface area contributed by atoms with E-state index in [0.717, 1.165) is 0 Å². The van der Waals surface area contributed by atoms with Gasteiger partial charge in [-0.1, -0.05) is 0 Å². The Hall–Kier alpha value is -3.14. The number of aryl methyl sites for hydroxylation is 1. The SMILES string of the molecule is COC(=O)c1cc(C(=O)Nc2ccc(C#N)cc2)nn1C. The van der Waals surface area contributed by atoms with Gasteiger partial charge in [0.2, 0.25) is 0 Å². The van der Waals surface area contributed by atoms with E-state index in [9.17, 15) is 9.59 Å². The highest BCUT2D eigenvalue weighted by atomic mass is 16.5. The number of esters is 1. The van der Waals surface area contributed by atoms with Crippen molar-refractivity contribution in [1.82, 2.24) is 9.78 Å². The number of nitrogens with one attached hydrogen (secondary N) is 1. The number of benzene rings is 1. The third-order valence-corrected chi connectivity index (χ3v) is 2.78. The molecule has 0 atom stereocenters. The molecular formula is C14H12N4O3. The van der Waals surface area contributed by atoms with Crippen LogP contribution < -0.4 is 5.32 Å². The van der Waals surface area contributed by atoms with Gasteiger partial charge in [0.05, 0.1) is 18.7 Å². The van der Waals surface area contributed by atoms with Crippen molar-refractivity contribution in [3.05, 3.63) is 47.3 Å². The predicted molar refractivity (Wildman–Crippen MR) is 73.7 cm³/mol. The van der Waals surface area contributed by atoms with Gasteiger partial charge < -0.3 is 10.1 Å². The second-order valence-electron chi connectivity index (χ2n) is 4.17. The summed E-state index contributed by atoms with van der Waals surface area (Å²) in [5.41, 5.74) is 1.31. The van der Waals surface area contributed by atoms with Gasteiger partial charge in [0.15, 0.2) is 5.69 Å². The van der Waals surface area contributed by atoms with E-state index in [0.29, 0.717) is 11.3 Å². The molecule has 0 saturated heterocycles. The lowest BCUT2D eigenvalue weighted by atomic mass is 10.2. The van der Waals surface area contributed by atoms with E-state index in [2.05, 4.69) is 15.2 Å². The van der Waals surface area contributed by atoms with Crippen LogP contribution in [0.5, 0.6) is 0 Å². The quantitative estimate of drug-likeness (QED) is 0.857. The van der Waals surface area contributed by atoms with Gasteiger partial charge in [-0.05, 0) is 24.3 Å². The lowest BCUT2D eigenvalue weighted by Crippen LogP contribution is -2.12. The number of methoxy groups -OCH3 is 1. The average molecular weight is 284 g/mol. The summed E-state index contributed by atoms with van der Waals surface area (Å²) in [6.45, 7) is 0. The number of hydrogen-bond donors (Lipinski definition) is 1. The van der Waals surface area contributed by atoms with Gasteiger partial charge in [0.25, 0.3) is 5.91 Å². The van der Waals surface area contributed by atoms with E-state index in [1.165, 1.54) is 17.9 Å². The van der Waals surface area contributed by atoms with Crippen molar-refractivity contribution in [1.29, 1.82) is 5.26 Å². The molecule has 21 heavy (non-hydrogen) atoms. The number of nitriles is 1. The van der Waals surface area contributed by atoms with Crippen LogP contribution in [0.1, 0.15) is 26.5 Å². The van der Waals surface area contributed by atoms with Gasteiger partial charge in [-0.3, -0.25) is 9.48 Å². The molecule has 0 radical (unpaired) electrons. The molecule has 0 aliphatic carbocycles. The van der Waals surface area contributed by atoms with Gasteiger partial charge in [0, 0.05) is 18.8 Å². The highest BCUT2D eigenvalue weighted by molar-refractivity contribution is 6.04. The number of carbonyl (C=O) groups excluding carboxylic acids is 2. The molecule has 1 aromatic carbocycles. The van der Waals surface area contributed by atoms with Gasteiger partial charge in [-0.25, -0.2) is 4.79 Å². The lowest BCUT2D eigenvalue weighted by Gasteiger charge is -2.02. The van der Waals surface area contributed by atoms with Crippen LogP contribution in [0.4, 0.5) is 5.69 Å². The molecule has 7 nitrogen and oxygen atoms in total. The number of anilines is 1. The van der Waals surface area contributed by atoms with E-state index in [1.807, 2.05) is 6.07 Å². The summed E-state index contributed by atoms with van der Waals surface area (Å²) in [4.78, 5) is 23.5. The van der Waals surface area contributed by atoms with E-state index in [4.69, 9.17) is 5.26 Å². The number of nitrogens with zero attached hydrogens (tertiary/aromatic N) is 3. The molecule has 7 heteroatoms.